The number of H-pyrrole nitrogens is 1. The number of hydrogen-bond donors (Lipinski definition) is 1. The van der Waals surface area contributed by atoms with Crippen molar-refractivity contribution in [3.05, 3.63) is 59.1 Å². The van der Waals surface area contributed by atoms with Crippen molar-refractivity contribution in [1.29, 1.82) is 0 Å². The largest absolute Gasteiger partial charge is 0.372 e. The fourth-order valence-corrected chi connectivity index (χ4v) is 2.74. The van der Waals surface area contributed by atoms with Crippen molar-refractivity contribution < 1.29 is 0 Å². The van der Waals surface area contributed by atoms with Crippen molar-refractivity contribution in [2.75, 3.05) is 18.0 Å². The molecule has 0 fully saturated rings. The van der Waals surface area contributed by atoms with E-state index in [-0.39, 0.29) is 0 Å². The van der Waals surface area contributed by atoms with Gasteiger partial charge in [0.25, 0.3) is 0 Å². The number of nitrogens with one attached hydrogen (secondary N) is 1. The number of aromatic amines is 1. The summed E-state index contributed by atoms with van der Waals surface area (Å²) in [4.78, 5) is 6.52. The highest BCUT2D eigenvalue weighted by Gasteiger charge is 2.09. The molecule has 2 heterocycles. The molecule has 0 aliphatic rings. The zero-order chi connectivity index (χ0) is 17.6. The molecule has 0 unspecified atom stereocenters. The monoisotopic (exact) mass is 352 g/mol. The third-order valence-corrected chi connectivity index (χ3v) is 4.16. The highest BCUT2D eigenvalue weighted by atomic mass is 32.1. The minimum atomic E-state index is 0.440. The highest BCUT2D eigenvalue weighted by molar-refractivity contribution is 7.71. The second-order valence-corrected chi connectivity index (χ2v) is 5.77. The minimum absolute atomic E-state index is 0.440. The van der Waals surface area contributed by atoms with Crippen LogP contribution in [0, 0.1) is 4.77 Å². The fraction of sp³-hybridized carbons (Fsp3) is 0.222. The van der Waals surface area contributed by atoms with E-state index < -0.39 is 0 Å². The Morgan fingerprint density at radius 1 is 1.16 bits per heavy atom. The van der Waals surface area contributed by atoms with E-state index >= 15 is 0 Å². The third kappa shape index (κ3) is 3.83. The van der Waals surface area contributed by atoms with Crippen molar-refractivity contribution >= 4 is 24.1 Å². The summed E-state index contributed by atoms with van der Waals surface area (Å²) in [6, 6.07) is 13.9. The number of hydrogen-bond acceptors (Lipinski definition) is 5. The maximum atomic E-state index is 5.30. The first-order chi connectivity index (χ1) is 12.2. The van der Waals surface area contributed by atoms with E-state index in [2.05, 4.69) is 51.2 Å². The predicted molar refractivity (Wildman–Crippen MR) is 104 cm³/mol. The molecule has 0 aliphatic heterocycles. The Labute approximate surface area is 151 Å². The van der Waals surface area contributed by atoms with Gasteiger partial charge in [-0.25, -0.2) is 5.10 Å². The summed E-state index contributed by atoms with van der Waals surface area (Å²) < 4.78 is 2.05. The molecule has 0 spiro atoms. The molecular formula is C18H20N6S. The molecular weight excluding hydrogens is 332 g/mol. The van der Waals surface area contributed by atoms with E-state index in [0.717, 1.165) is 24.3 Å². The Bertz CT molecular complexity index is 891. The van der Waals surface area contributed by atoms with Crippen LogP contribution in [0.25, 0.3) is 11.4 Å². The van der Waals surface area contributed by atoms with Gasteiger partial charge in [0.05, 0.1) is 11.9 Å². The van der Waals surface area contributed by atoms with Crippen molar-refractivity contribution in [3.8, 4) is 11.4 Å². The van der Waals surface area contributed by atoms with Gasteiger partial charge in [0, 0.05) is 30.5 Å². The Kier molecular flexibility index (Phi) is 5.35. The predicted octanol–water partition coefficient (Wildman–Crippen LogP) is 3.73. The van der Waals surface area contributed by atoms with Gasteiger partial charge in [-0.3, -0.25) is 4.98 Å². The molecule has 128 valence electrons. The Morgan fingerprint density at radius 2 is 1.92 bits per heavy atom. The van der Waals surface area contributed by atoms with Crippen LogP contribution in [0.2, 0.25) is 0 Å². The summed E-state index contributed by atoms with van der Waals surface area (Å²) in [5.41, 5.74) is 2.89. The van der Waals surface area contributed by atoms with Crippen LogP contribution < -0.4 is 4.90 Å². The van der Waals surface area contributed by atoms with Crippen LogP contribution in [0.3, 0.4) is 0 Å². The molecule has 6 nitrogen and oxygen atoms in total. The maximum Gasteiger partial charge on any atom is 0.216 e. The van der Waals surface area contributed by atoms with Gasteiger partial charge in [0.15, 0.2) is 5.82 Å². The maximum absolute atomic E-state index is 5.30. The van der Waals surface area contributed by atoms with Crippen molar-refractivity contribution in [2.24, 2.45) is 5.10 Å². The molecule has 0 radical (unpaired) electrons. The third-order valence-electron chi connectivity index (χ3n) is 3.90. The lowest BCUT2D eigenvalue weighted by Crippen LogP contribution is -2.21. The number of nitrogens with zero attached hydrogens (tertiary/aromatic N) is 5. The van der Waals surface area contributed by atoms with Crippen LogP contribution in [0.15, 0.2) is 53.8 Å². The normalized spacial score (nSPS) is 11.1. The van der Waals surface area contributed by atoms with E-state index in [1.54, 1.807) is 17.1 Å². The van der Waals surface area contributed by atoms with Gasteiger partial charge in [0.1, 0.15) is 0 Å². The average molecular weight is 352 g/mol. The minimum Gasteiger partial charge on any atom is -0.372 e. The summed E-state index contributed by atoms with van der Waals surface area (Å²) in [5, 5.41) is 11.5. The van der Waals surface area contributed by atoms with E-state index in [4.69, 9.17) is 12.2 Å². The number of benzene rings is 1. The fourth-order valence-electron chi connectivity index (χ4n) is 2.56. The van der Waals surface area contributed by atoms with Crippen LogP contribution in [-0.4, -0.2) is 39.2 Å². The van der Waals surface area contributed by atoms with Crippen LogP contribution in [0.4, 0.5) is 5.69 Å². The molecule has 7 heteroatoms. The van der Waals surface area contributed by atoms with E-state index in [0.29, 0.717) is 10.6 Å². The molecule has 0 bridgehead atoms. The lowest BCUT2D eigenvalue weighted by Gasteiger charge is -2.20. The van der Waals surface area contributed by atoms with E-state index in [1.807, 2.05) is 30.3 Å². The van der Waals surface area contributed by atoms with Crippen LogP contribution in [0.5, 0.6) is 0 Å². The standard InChI is InChI=1S/C18H20N6S/c1-3-23(4-2)16-10-8-14(9-11-16)17-21-22-18(25)24(17)20-13-15-7-5-6-12-19-15/h5-13H,3-4H2,1-2H3,(H,22,25). The smallest absolute Gasteiger partial charge is 0.216 e. The number of pyridine rings is 1. The summed E-state index contributed by atoms with van der Waals surface area (Å²) in [7, 11) is 0. The van der Waals surface area contributed by atoms with Crippen LogP contribution >= 0.6 is 12.2 Å². The first kappa shape index (κ1) is 17.0. The number of anilines is 1. The summed E-state index contributed by atoms with van der Waals surface area (Å²) >= 11 is 5.30. The molecule has 0 aliphatic carbocycles. The quantitative estimate of drug-likeness (QED) is 0.542. The van der Waals surface area contributed by atoms with Crippen LogP contribution in [-0.2, 0) is 0 Å². The van der Waals surface area contributed by atoms with Crippen molar-refractivity contribution in [2.45, 2.75) is 13.8 Å². The zero-order valence-electron chi connectivity index (χ0n) is 14.3. The molecule has 0 saturated carbocycles. The van der Waals surface area contributed by atoms with E-state index in [1.165, 1.54) is 5.69 Å². The zero-order valence-corrected chi connectivity index (χ0v) is 15.1. The topological polar surface area (TPSA) is 62.1 Å². The molecule has 0 saturated heterocycles. The Hall–Kier alpha value is -2.80. The van der Waals surface area contributed by atoms with Crippen molar-refractivity contribution in [1.82, 2.24) is 19.9 Å². The second kappa shape index (κ2) is 7.85. The summed E-state index contributed by atoms with van der Waals surface area (Å²) in [5.74, 6) is 0.670. The van der Waals surface area contributed by atoms with Gasteiger partial charge >= 0.3 is 0 Å². The van der Waals surface area contributed by atoms with Gasteiger partial charge in [-0.05, 0) is 62.5 Å². The van der Waals surface area contributed by atoms with Gasteiger partial charge in [-0.1, -0.05) is 6.07 Å². The van der Waals surface area contributed by atoms with Gasteiger partial charge in [0.2, 0.25) is 4.77 Å². The van der Waals surface area contributed by atoms with E-state index in [9.17, 15) is 0 Å². The molecule has 25 heavy (non-hydrogen) atoms. The second-order valence-electron chi connectivity index (χ2n) is 5.38. The van der Waals surface area contributed by atoms with Crippen molar-refractivity contribution in [3.63, 3.8) is 0 Å². The molecule has 1 N–H and O–H groups in total. The molecule has 0 amide bonds. The molecule has 2 aromatic heterocycles. The molecule has 1 aromatic carbocycles. The van der Waals surface area contributed by atoms with Crippen LogP contribution in [0.1, 0.15) is 19.5 Å². The lowest BCUT2D eigenvalue weighted by atomic mass is 10.2. The molecule has 3 rings (SSSR count). The number of aromatic nitrogens is 4. The Morgan fingerprint density at radius 3 is 2.56 bits per heavy atom. The summed E-state index contributed by atoms with van der Waals surface area (Å²) in [6.45, 7) is 6.25. The average Bonchev–Trinajstić information content (AvgIpc) is 3.03. The molecule has 3 aromatic rings. The lowest BCUT2D eigenvalue weighted by molar-refractivity contribution is 0.864. The van der Waals surface area contributed by atoms with Gasteiger partial charge < -0.3 is 4.90 Å². The first-order valence-corrected chi connectivity index (χ1v) is 8.62. The summed E-state index contributed by atoms with van der Waals surface area (Å²) in [6.07, 6.45) is 3.39. The molecule has 0 atom stereocenters. The Balaban J connectivity index is 1.91. The number of rotatable bonds is 6. The highest BCUT2D eigenvalue weighted by Crippen LogP contribution is 2.22. The van der Waals surface area contributed by atoms with Gasteiger partial charge in [-0.2, -0.15) is 14.9 Å². The first-order valence-electron chi connectivity index (χ1n) is 8.21. The SMILES string of the molecule is CCN(CC)c1ccc(-c2n[nH]c(=S)n2N=Cc2ccccn2)cc1. The van der Waals surface area contributed by atoms with Gasteiger partial charge in [-0.15, -0.1) is 0 Å².